The lowest BCUT2D eigenvalue weighted by Gasteiger charge is -2.29. The number of amides is 13. The van der Waals surface area contributed by atoms with Gasteiger partial charge >= 0.3 is 0 Å². The second-order valence-electron chi connectivity index (χ2n) is 29.3. The molecule has 1 aromatic heterocycles. The van der Waals surface area contributed by atoms with Crippen molar-refractivity contribution >= 4 is 101 Å². The largest absolute Gasteiger partial charge is 0.370 e. The third kappa shape index (κ3) is 39.9. The fraction of sp³-hybridized carbons (Fsp3) is 0.653. The summed E-state index contributed by atoms with van der Waals surface area (Å²) in [6.07, 6.45) is 1.50. The monoisotopic (exact) mass is 1630 g/mol. The Labute approximate surface area is 675 Å². The number of hydrogen-bond donors (Lipinski definition) is 24. The summed E-state index contributed by atoms with van der Waals surface area (Å²) in [7, 11) is 0. The van der Waals surface area contributed by atoms with E-state index in [0.29, 0.717) is 24.8 Å². The number of nitrogens with one attached hydrogen (secondary N) is 11. The number of carbonyl (C=O) groups is 13. The molecule has 37 N–H and O–H groups in total. The summed E-state index contributed by atoms with van der Waals surface area (Å²) in [5.74, 6) is -13.6. The van der Waals surface area contributed by atoms with E-state index in [4.69, 9.17) is 74.5 Å². The van der Waals surface area contributed by atoms with Crippen LogP contribution >= 0.6 is 0 Å². The average Bonchev–Trinajstić information content (AvgIpc) is 0.898. The van der Waals surface area contributed by atoms with E-state index in [1.165, 1.54) is 10.9 Å². The second kappa shape index (κ2) is 53.5. The van der Waals surface area contributed by atoms with E-state index in [9.17, 15) is 62.3 Å². The molecule has 44 heteroatoms. The number of rotatable bonds is 33. The number of unbranched alkanes of at least 4 members (excludes halogenated alkanes) is 2. The number of nitrogens with zero attached hydrogens (tertiary/aromatic N) is 7. The maximum Gasteiger partial charge on any atom is 0.243 e. The number of guanidine groups is 4. The van der Waals surface area contributed by atoms with Gasteiger partial charge < -0.3 is 133 Å². The van der Waals surface area contributed by atoms with Gasteiger partial charge in [0, 0.05) is 51.8 Å². The number of carbonyl (C=O) groups excluding carboxylic acids is 13. The van der Waals surface area contributed by atoms with Gasteiger partial charge in [-0.1, -0.05) is 63.2 Å². The van der Waals surface area contributed by atoms with Crippen LogP contribution in [0.15, 0.2) is 56.5 Å². The summed E-state index contributed by atoms with van der Waals surface area (Å²) in [6, 6.07) is -9.14. The van der Waals surface area contributed by atoms with Crippen LogP contribution in [-0.4, -0.2) is 227 Å². The molecule has 648 valence electrons. The zero-order valence-electron chi connectivity index (χ0n) is 67.0. The Morgan fingerprint density at radius 3 is 1.10 bits per heavy atom. The van der Waals surface area contributed by atoms with E-state index in [1.807, 2.05) is 0 Å². The van der Waals surface area contributed by atoms with Crippen molar-refractivity contribution in [2.45, 2.75) is 248 Å². The molecule has 0 saturated carbocycles. The van der Waals surface area contributed by atoms with E-state index in [1.54, 1.807) is 58.0 Å². The predicted molar refractivity (Wildman–Crippen MR) is 434 cm³/mol. The number of aliphatic imine (C=N–C) groups is 4. The fourth-order valence-corrected chi connectivity index (χ4v) is 12.3. The van der Waals surface area contributed by atoms with Crippen molar-refractivity contribution in [3.8, 4) is 0 Å². The topological polar surface area (TPSA) is 773 Å². The van der Waals surface area contributed by atoms with Gasteiger partial charge in [-0.3, -0.25) is 87.0 Å². The molecule has 2 heterocycles. The summed E-state index contributed by atoms with van der Waals surface area (Å²) in [5, 5.41) is 37.8. The Morgan fingerprint density at radius 1 is 0.422 bits per heavy atom. The van der Waals surface area contributed by atoms with E-state index in [-0.39, 0.29) is 203 Å². The highest BCUT2D eigenvalue weighted by Gasteiger charge is 2.38. The third-order valence-corrected chi connectivity index (χ3v) is 18.2. The van der Waals surface area contributed by atoms with Gasteiger partial charge in [-0.05, 0) is 152 Å². The van der Waals surface area contributed by atoms with Crippen molar-refractivity contribution < 1.29 is 62.3 Å². The van der Waals surface area contributed by atoms with Gasteiger partial charge in [0.15, 0.2) is 23.8 Å². The molecule has 12 atom stereocenters. The molecule has 0 aliphatic carbocycles. The molecular formula is C72H127N31O13. The first-order valence-corrected chi connectivity index (χ1v) is 39.2. The van der Waals surface area contributed by atoms with Gasteiger partial charge in [0.05, 0.1) is 18.2 Å². The molecule has 1 aliphatic rings. The molecule has 1 aliphatic heterocycles. The number of aryl methyl sites for hydroxylation is 1. The van der Waals surface area contributed by atoms with Crippen molar-refractivity contribution in [3.63, 3.8) is 0 Å². The van der Waals surface area contributed by atoms with Gasteiger partial charge in [-0.25, -0.2) is 0 Å². The van der Waals surface area contributed by atoms with Gasteiger partial charge in [-0.2, -0.15) is 0 Å². The maximum atomic E-state index is 15.0. The number of primary amides is 2. The summed E-state index contributed by atoms with van der Waals surface area (Å²) in [4.78, 5) is 203. The number of benzene rings is 1. The Hall–Kier alpha value is -11.6. The number of aromatic nitrogens is 3. The fourth-order valence-electron chi connectivity index (χ4n) is 12.3. The van der Waals surface area contributed by atoms with Crippen molar-refractivity contribution in [3.05, 3.63) is 47.8 Å². The summed E-state index contributed by atoms with van der Waals surface area (Å²) in [5.41, 5.74) is 75.6. The SMILES string of the molecule is CC(C)CC1NC(=O)C(N)Cc2cn(nn2)CCCCC(C(N)=O)NC(=O)[C@H](CC(N)=O)NC(=O)C(CCCN=C(N)N)NC(=O)C(Cc2ccccc2)NC(=O)[C@H](CCCCN)NC(=O)C(CCCN=C(N)N)NC(=O)[C@H](CC(C)C)NC(=O)C(CCCN=C(N)N)NC(=O)[C@H](CCCCN)NC(=O)C(CCCN=C(N)N)NC1=O. The van der Waals surface area contributed by atoms with Crippen LogP contribution < -0.4 is 133 Å². The average molecular weight is 1640 g/mol. The molecule has 8 unspecified atom stereocenters. The van der Waals surface area contributed by atoms with E-state index in [2.05, 4.69) is 88.8 Å². The molecule has 3 rings (SSSR count). The van der Waals surface area contributed by atoms with Crippen molar-refractivity contribution in [1.82, 2.24) is 73.5 Å². The third-order valence-electron chi connectivity index (χ3n) is 18.2. The lowest BCUT2D eigenvalue weighted by molar-refractivity contribution is -0.136. The first kappa shape index (κ1) is 98.6. The Morgan fingerprint density at radius 2 is 0.750 bits per heavy atom. The van der Waals surface area contributed by atoms with Gasteiger partial charge in [0.25, 0.3) is 0 Å². The van der Waals surface area contributed by atoms with Gasteiger partial charge in [-0.15, -0.1) is 5.10 Å². The smallest absolute Gasteiger partial charge is 0.243 e. The molecule has 0 radical (unpaired) electrons. The number of nitrogens with two attached hydrogens (primary N) is 13. The lowest BCUT2D eigenvalue weighted by atomic mass is 10.00. The quantitative estimate of drug-likeness (QED) is 0.0179. The summed E-state index contributed by atoms with van der Waals surface area (Å²) < 4.78 is 1.44. The van der Waals surface area contributed by atoms with Crippen LogP contribution in [-0.2, 0) is 81.7 Å². The zero-order chi connectivity index (χ0) is 86.4. The predicted octanol–water partition coefficient (Wildman–Crippen LogP) is -8.17. The van der Waals surface area contributed by atoms with Gasteiger partial charge in [0.1, 0.15) is 66.5 Å². The van der Waals surface area contributed by atoms with Crippen molar-refractivity contribution in [2.24, 2.45) is 106 Å². The second-order valence-corrected chi connectivity index (χ2v) is 29.3. The highest BCUT2D eigenvalue weighted by atomic mass is 16.2. The minimum absolute atomic E-state index is 0.00763. The molecule has 44 nitrogen and oxygen atoms in total. The first-order chi connectivity index (χ1) is 55.0. The highest BCUT2D eigenvalue weighted by molar-refractivity contribution is 6.00. The van der Waals surface area contributed by atoms with Crippen molar-refractivity contribution in [1.29, 1.82) is 0 Å². The molecule has 0 spiro atoms. The minimum Gasteiger partial charge on any atom is -0.370 e. The van der Waals surface area contributed by atoms with E-state index in [0.717, 1.165) is 0 Å². The normalized spacial score (nSPS) is 22.9. The molecule has 0 fully saturated rings. The minimum atomic E-state index is -1.76. The Kier molecular flexibility index (Phi) is 45.5. The van der Waals surface area contributed by atoms with Crippen LogP contribution in [0.4, 0.5) is 0 Å². The van der Waals surface area contributed by atoms with Crippen LogP contribution in [0.3, 0.4) is 0 Å². The Balaban J connectivity index is 2.34. The summed E-state index contributed by atoms with van der Waals surface area (Å²) >= 11 is 0. The standard InChI is InChI=1S/C72H127N31O13/c1-40(2)34-52-65(113)94-48(23-14-29-86-69(78)79)60(108)91-46(21-8-11-27-73)59(107)93-50(25-16-31-88-71(82)83)63(111)98-53(35-41(3)4)66(114)95-49(24-15-30-87-70(80)81)61(109)92-47(22-9-12-28-74)62(110)99-54(36-42-18-6-5-7-19-42)67(115)96-51(26-17-32-89-72(84)85)64(112)100-55(38-56(76)104)68(116)90-45(57(77)105)20-10-13-33-103-39-43(101-102-103)37-44(75)58(106)97-52/h5-7,18-19,39-41,44-55H,8-17,20-38,73-75H2,1-4H3,(H2,76,104)(H2,77,105)(H,90,116)(H,91,108)(H,92,109)(H,93,107)(H,94,113)(H,95,114)(H,96,115)(H,97,106)(H,98,111)(H,99,110)(H,100,112)(H4,78,79,86)(H4,80,81,87)(H4,82,83,88)(H4,84,85,89)/t44?,45?,46-,47-,48?,49?,50?,51?,52?,53-,54?,55-/m0/s1. The number of fused-ring (bicyclic) bond motifs is 2. The van der Waals surface area contributed by atoms with Crippen LogP contribution in [0.5, 0.6) is 0 Å². The number of hydrogen-bond acceptors (Lipinski definition) is 22. The maximum absolute atomic E-state index is 15.0. The molecule has 1 aromatic carbocycles. The molecule has 2 aromatic rings. The van der Waals surface area contributed by atoms with E-state index >= 15 is 0 Å². The molecule has 2 bridgehead atoms. The Bertz CT molecular complexity index is 3620. The van der Waals surface area contributed by atoms with Crippen LogP contribution in [0.25, 0.3) is 0 Å². The van der Waals surface area contributed by atoms with Crippen LogP contribution in [0.1, 0.15) is 167 Å². The zero-order valence-corrected chi connectivity index (χ0v) is 67.0. The highest BCUT2D eigenvalue weighted by Crippen LogP contribution is 2.16. The molecule has 13 amide bonds. The first-order valence-electron chi connectivity index (χ1n) is 39.2. The van der Waals surface area contributed by atoms with Gasteiger partial charge in [0.2, 0.25) is 76.8 Å². The van der Waals surface area contributed by atoms with E-state index < -0.39 is 156 Å². The molecular weight excluding hydrogens is 1510 g/mol. The molecule has 0 saturated heterocycles. The molecule has 116 heavy (non-hydrogen) atoms. The van der Waals surface area contributed by atoms with Crippen LogP contribution in [0, 0.1) is 11.8 Å². The van der Waals surface area contributed by atoms with Crippen LogP contribution in [0.2, 0.25) is 0 Å². The van der Waals surface area contributed by atoms with Crippen molar-refractivity contribution in [2.75, 3.05) is 39.3 Å². The lowest BCUT2D eigenvalue weighted by Crippen LogP contribution is -2.61. The summed E-state index contributed by atoms with van der Waals surface area (Å²) in [6.45, 7) is 7.52.